The van der Waals surface area contributed by atoms with Crippen molar-refractivity contribution in [3.8, 4) is 5.75 Å². The maximum atomic E-state index is 13.1. The SMILES string of the molecule is COCCOCCOCCOCCOCCOCCC1(CCOCCOCCOCCOCCOCCOC)C=C(C)c2cc3c(cc2N1CCCS(=O)(=O)O)OC(C(C)(C)C)=CC3=CC=CC=CC1=[N+](CCCS(=O)(=O)O)c2ccc(S(=O)(=O)[O-])cc2C1(C)CCCC(=O)ON1C(=O)CCC1=O. The zero-order valence-corrected chi connectivity index (χ0v) is 62.9. The number of imide groups is 1. The number of rotatable bonds is 53. The maximum absolute atomic E-state index is 13.1. The minimum Gasteiger partial charge on any atom is -0.744 e. The van der Waals surface area contributed by atoms with E-state index in [1.807, 2.05) is 58.1 Å². The summed E-state index contributed by atoms with van der Waals surface area (Å²) in [4.78, 5) is 44.3. The zero-order valence-electron chi connectivity index (χ0n) is 60.4. The highest BCUT2D eigenvalue weighted by Gasteiger charge is 2.48. The summed E-state index contributed by atoms with van der Waals surface area (Å²) < 4.78 is 182. The van der Waals surface area contributed by atoms with Gasteiger partial charge in [0.05, 0.1) is 159 Å². The van der Waals surface area contributed by atoms with Crippen molar-refractivity contribution in [2.45, 2.75) is 108 Å². The summed E-state index contributed by atoms with van der Waals surface area (Å²) in [5.41, 5.74) is 2.91. The topological polar surface area (TPSA) is 356 Å². The number of nitrogens with zero attached hydrogens (tertiary/aromatic N) is 3. The molecule has 1 unspecified atom stereocenters. The van der Waals surface area contributed by atoms with Crippen LogP contribution in [0.25, 0.3) is 11.1 Å². The molecule has 103 heavy (non-hydrogen) atoms. The van der Waals surface area contributed by atoms with Gasteiger partial charge >= 0.3 is 5.97 Å². The Morgan fingerprint density at radius 3 is 1.59 bits per heavy atom. The van der Waals surface area contributed by atoms with Crippen molar-refractivity contribution in [2.24, 2.45) is 5.41 Å². The highest BCUT2D eigenvalue weighted by Crippen LogP contribution is 2.50. The number of hydrogen-bond donors (Lipinski definition) is 2. The maximum Gasteiger partial charge on any atom is 0.333 e. The van der Waals surface area contributed by atoms with Gasteiger partial charge in [-0.3, -0.25) is 18.7 Å². The van der Waals surface area contributed by atoms with E-state index in [0.29, 0.717) is 165 Å². The second-order valence-corrected chi connectivity index (χ2v) is 30.5. The van der Waals surface area contributed by atoms with Crippen molar-refractivity contribution in [2.75, 3.05) is 189 Å². The van der Waals surface area contributed by atoms with Crippen molar-refractivity contribution < 1.29 is 124 Å². The second kappa shape index (κ2) is 43.2. The molecular weight excluding hydrogens is 1410 g/mol. The van der Waals surface area contributed by atoms with Crippen LogP contribution in [0.1, 0.15) is 109 Å². The monoisotopic (exact) mass is 1510 g/mol. The summed E-state index contributed by atoms with van der Waals surface area (Å²) in [7, 11) is -10.5. The molecular formula is C71H105N3O26S3. The normalized spacial score (nSPS) is 17.4. The quantitative estimate of drug-likeness (QED) is 0.0221. The van der Waals surface area contributed by atoms with Gasteiger partial charge in [-0.15, -0.1) is 5.06 Å². The lowest BCUT2D eigenvalue weighted by Gasteiger charge is -2.48. The third-order valence-electron chi connectivity index (χ3n) is 17.2. The van der Waals surface area contributed by atoms with Crippen LogP contribution in [0.4, 0.5) is 11.4 Å². The van der Waals surface area contributed by atoms with Crippen LogP contribution in [0.2, 0.25) is 0 Å². The average Bonchev–Trinajstić information content (AvgIpc) is 1.67. The molecule has 4 aliphatic rings. The van der Waals surface area contributed by atoms with Crippen molar-refractivity contribution >= 4 is 76.4 Å². The van der Waals surface area contributed by atoms with Crippen LogP contribution in [0.5, 0.6) is 5.75 Å². The smallest absolute Gasteiger partial charge is 0.333 e. The molecule has 0 aromatic heterocycles. The Morgan fingerprint density at radius 1 is 0.631 bits per heavy atom. The van der Waals surface area contributed by atoms with E-state index in [9.17, 15) is 53.3 Å². The minimum atomic E-state index is -4.97. The van der Waals surface area contributed by atoms with E-state index in [4.69, 9.17) is 66.4 Å². The van der Waals surface area contributed by atoms with Crippen LogP contribution in [0.15, 0.2) is 83.5 Å². The number of carbonyl (C=O) groups excluding carboxylic acids is 3. The summed E-state index contributed by atoms with van der Waals surface area (Å²) in [5.74, 6) is -2.10. The molecule has 2 amide bonds. The average molecular weight is 1510 g/mol. The van der Waals surface area contributed by atoms with Gasteiger partial charge in [0, 0.05) is 106 Å². The molecule has 0 spiro atoms. The molecule has 1 saturated heterocycles. The Kier molecular flexibility index (Phi) is 36.1. The molecule has 0 saturated carbocycles. The highest BCUT2D eigenvalue weighted by molar-refractivity contribution is 7.86. The van der Waals surface area contributed by atoms with Crippen LogP contribution in [0, 0.1) is 5.41 Å². The molecule has 578 valence electrons. The van der Waals surface area contributed by atoms with Gasteiger partial charge in [0.2, 0.25) is 5.69 Å². The fourth-order valence-corrected chi connectivity index (χ4v) is 13.5. The lowest BCUT2D eigenvalue weighted by atomic mass is 9.75. The molecule has 1 fully saturated rings. The summed E-state index contributed by atoms with van der Waals surface area (Å²) in [6, 6.07) is 7.87. The predicted molar refractivity (Wildman–Crippen MR) is 380 cm³/mol. The highest BCUT2D eigenvalue weighted by atomic mass is 32.2. The standard InChI is InChI=1S/C71H105N3O26S3/c1-55-54-71(22-26-89-32-34-93-40-42-97-46-44-95-38-36-91-30-28-87-6,23-27-90-33-35-94-41-43-98-47-45-96-39-37-92-31-29-88-7)73(25-13-49-102(81,82)83)62-53-63-59(52-58(55)62)56(50-65(99-63)69(2,3)4)14-9-8-10-15-64-70(5,21-11-16-68(77)100-74-66(75)19-20-67(74)76)60-51-57(103(84,85)86)17-18-61(60)72(64)24-12-48-101(78,79)80/h8-10,14-15,17-18,50-54H,11-13,16,19-49H2,1-7H3,(H2-,78,79,80,81,82,83,84,85,86). The van der Waals surface area contributed by atoms with Crippen molar-refractivity contribution in [3.05, 3.63) is 95.3 Å². The Morgan fingerprint density at radius 2 is 1.12 bits per heavy atom. The van der Waals surface area contributed by atoms with E-state index in [1.54, 1.807) is 43.9 Å². The number of hydrogen-bond acceptors (Lipinski definition) is 25. The first-order valence-corrected chi connectivity index (χ1v) is 39.3. The molecule has 4 heterocycles. The predicted octanol–water partition coefficient (Wildman–Crippen LogP) is 7.00. The molecule has 0 bridgehead atoms. The van der Waals surface area contributed by atoms with Crippen molar-refractivity contribution in [3.63, 3.8) is 0 Å². The van der Waals surface area contributed by atoms with Gasteiger partial charge in [0.1, 0.15) is 28.2 Å². The number of hydroxylamine groups is 2. The van der Waals surface area contributed by atoms with Crippen LogP contribution in [-0.2, 0) is 112 Å². The lowest BCUT2D eigenvalue weighted by Crippen LogP contribution is -2.52. The van der Waals surface area contributed by atoms with Crippen molar-refractivity contribution in [1.29, 1.82) is 0 Å². The first kappa shape index (κ1) is 86.2. The number of ether oxygens (including phenoxy) is 13. The van der Waals surface area contributed by atoms with E-state index in [0.717, 1.165) is 34.0 Å². The van der Waals surface area contributed by atoms with Crippen LogP contribution in [-0.4, -0.2) is 262 Å². The Labute approximate surface area is 606 Å². The van der Waals surface area contributed by atoms with E-state index in [-0.39, 0.29) is 84.5 Å². The summed E-state index contributed by atoms with van der Waals surface area (Å²) in [5, 5.41) is 0.451. The Hall–Kier alpha value is -5.73. The van der Waals surface area contributed by atoms with Gasteiger partial charge in [-0.1, -0.05) is 51.2 Å². The molecule has 0 aliphatic carbocycles. The zero-order chi connectivity index (χ0) is 74.9. The number of allylic oxidation sites excluding steroid dienone is 9. The summed E-state index contributed by atoms with van der Waals surface area (Å²) in [6.45, 7) is 18.7. The number of carbonyl (C=O) groups is 3. The number of amides is 2. The molecule has 2 aromatic rings. The molecule has 29 nitrogen and oxygen atoms in total. The first-order valence-electron chi connectivity index (χ1n) is 34.7. The van der Waals surface area contributed by atoms with Gasteiger partial charge in [-0.05, 0) is 81.4 Å². The molecule has 2 aromatic carbocycles. The van der Waals surface area contributed by atoms with Gasteiger partial charge < -0.3 is 75.9 Å². The van der Waals surface area contributed by atoms with Gasteiger partial charge in [-0.25, -0.2) is 13.2 Å². The summed E-state index contributed by atoms with van der Waals surface area (Å²) in [6.07, 6.45) is 13.7. The third-order valence-corrected chi connectivity index (χ3v) is 19.6. The Balaban J connectivity index is 1.26. The lowest BCUT2D eigenvalue weighted by molar-refractivity contribution is -0.437. The van der Waals surface area contributed by atoms with E-state index in [2.05, 4.69) is 11.0 Å². The van der Waals surface area contributed by atoms with Crippen LogP contribution in [0.3, 0.4) is 0 Å². The first-order chi connectivity index (χ1) is 49.1. The number of fused-ring (bicyclic) bond motifs is 3. The van der Waals surface area contributed by atoms with Gasteiger partial charge in [0.25, 0.3) is 32.1 Å². The number of anilines is 1. The van der Waals surface area contributed by atoms with Gasteiger partial charge in [-0.2, -0.15) is 21.4 Å². The van der Waals surface area contributed by atoms with Crippen molar-refractivity contribution in [1.82, 2.24) is 5.06 Å². The summed E-state index contributed by atoms with van der Waals surface area (Å²) >= 11 is 0. The van der Waals surface area contributed by atoms with Crippen LogP contribution < -0.4 is 9.64 Å². The molecule has 32 heteroatoms. The van der Waals surface area contributed by atoms with Crippen LogP contribution >= 0.6 is 0 Å². The van der Waals surface area contributed by atoms with E-state index >= 15 is 0 Å². The molecule has 0 radical (unpaired) electrons. The fourth-order valence-electron chi connectivity index (χ4n) is 12.0. The fraction of sp³-hybridized carbons (Fsp3) is 0.634. The third kappa shape index (κ3) is 28.8. The molecule has 2 N–H and O–H groups in total. The van der Waals surface area contributed by atoms with E-state index < -0.39 is 80.9 Å². The van der Waals surface area contributed by atoms with E-state index in [1.165, 1.54) is 12.1 Å². The van der Waals surface area contributed by atoms with Gasteiger partial charge in [0.15, 0.2) is 5.71 Å². The minimum absolute atomic E-state index is 0.0216. The second-order valence-electron chi connectivity index (χ2n) is 26.0. The molecule has 6 rings (SSSR count). The molecule has 4 aliphatic heterocycles. The number of methoxy groups -OCH3 is 2. The largest absolute Gasteiger partial charge is 0.744 e. The Bertz CT molecular complexity index is 3570. The molecule has 1 atom stereocenters. The number of benzene rings is 2.